The Hall–Kier alpha value is -0.640. The maximum Gasteiger partial charge on any atom is 0.0934 e. The van der Waals surface area contributed by atoms with Crippen molar-refractivity contribution in [2.45, 2.75) is 213 Å². The molecule has 0 aliphatic rings. The van der Waals surface area contributed by atoms with Crippen molar-refractivity contribution in [3.63, 3.8) is 0 Å². The van der Waals surface area contributed by atoms with Crippen LogP contribution in [0.1, 0.15) is 206 Å². The lowest BCUT2D eigenvalue weighted by atomic mass is 10.1. The molecule has 0 N–H and O–H groups in total. The molecule has 46 heavy (non-hydrogen) atoms. The highest BCUT2D eigenvalue weighted by atomic mass is 16.5. The molecule has 0 spiro atoms. The summed E-state index contributed by atoms with van der Waals surface area (Å²) in [4.78, 5) is 2.23. The van der Waals surface area contributed by atoms with E-state index in [4.69, 9.17) is 9.47 Å². The first-order valence-corrected chi connectivity index (χ1v) is 20.8. The van der Waals surface area contributed by atoms with Gasteiger partial charge < -0.3 is 14.4 Å². The van der Waals surface area contributed by atoms with Gasteiger partial charge in [0.25, 0.3) is 0 Å². The smallest absolute Gasteiger partial charge is 0.0934 e. The Balaban J connectivity index is 3.50. The molecule has 0 aromatic heterocycles. The van der Waals surface area contributed by atoms with Crippen LogP contribution in [0.25, 0.3) is 0 Å². The standard InChI is InChI=1S/C43H85NO2/c1-5-7-9-11-13-15-17-19-21-23-25-27-29-31-33-35-37-39-45-42-43(41-44(3)4)46-40-38-36-34-32-30-28-26-24-22-20-18-16-14-12-10-8-6-2/h19-22,43H,5-18,23-42H2,1-4H3/b21-19-,22-20-. The largest absolute Gasteiger partial charge is 0.379 e. The van der Waals surface area contributed by atoms with Gasteiger partial charge in [-0.3, -0.25) is 0 Å². The van der Waals surface area contributed by atoms with E-state index < -0.39 is 0 Å². The number of allylic oxidation sites excluding steroid dienone is 4. The van der Waals surface area contributed by atoms with Crippen molar-refractivity contribution in [1.82, 2.24) is 4.90 Å². The number of hydrogen-bond acceptors (Lipinski definition) is 3. The third-order valence-electron chi connectivity index (χ3n) is 9.18. The number of nitrogens with zero attached hydrogens (tertiary/aromatic N) is 1. The number of rotatable bonds is 39. The Morgan fingerprint density at radius 1 is 0.413 bits per heavy atom. The van der Waals surface area contributed by atoms with Gasteiger partial charge in [0.1, 0.15) is 0 Å². The molecular weight excluding hydrogens is 562 g/mol. The molecule has 0 aromatic rings. The van der Waals surface area contributed by atoms with E-state index in [9.17, 15) is 0 Å². The first-order chi connectivity index (χ1) is 22.7. The van der Waals surface area contributed by atoms with Crippen molar-refractivity contribution < 1.29 is 9.47 Å². The van der Waals surface area contributed by atoms with Crippen molar-refractivity contribution >= 4 is 0 Å². The van der Waals surface area contributed by atoms with Crippen LogP contribution in [0.4, 0.5) is 0 Å². The zero-order valence-electron chi connectivity index (χ0n) is 32.2. The average molecular weight is 648 g/mol. The summed E-state index contributed by atoms with van der Waals surface area (Å²) in [6.45, 7) is 8.02. The van der Waals surface area contributed by atoms with Crippen molar-refractivity contribution in [2.24, 2.45) is 0 Å². The summed E-state index contributed by atoms with van der Waals surface area (Å²) in [7, 11) is 4.27. The van der Waals surface area contributed by atoms with E-state index in [1.807, 2.05) is 0 Å². The van der Waals surface area contributed by atoms with E-state index in [0.29, 0.717) is 0 Å². The number of unbranched alkanes of at least 4 members (excludes halogenated alkanes) is 26. The zero-order valence-corrected chi connectivity index (χ0v) is 32.2. The first kappa shape index (κ1) is 45.4. The Morgan fingerprint density at radius 3 is 1.11 bits per heavy atom. The van der Waals surface area contributed by atoms with Gasteiger partial charge in [-0.2, -0.15) is 0 Å². The van der Waals surface area contributed by atoms with Crippen LogP contribution in [0, 0.1) is 0 Å². The molecule has 0 fully saturated rings. The Morgan fingerprint density at radius 2 is 0.739 bits per heavy atom. The van der Waals surface area contributed by atoms with Crippen LogP contribution >= 0.6 is 0 Å². The molecule has 3 heteroatoms. The lowest BCUT2D eigenvalue weighted by Crippen LogP contribution is -2.32. The highest BCUT2D eigenvalue weighted by Gasteiger charge is 2.10. The topological polar surface area (TPSA) is 21.7 Å². The van der Waals surface area contributed by atoms with Crippen molar-refractivity contribution in [2.75, 3.05) is 40.5 Å². The third-order valence-corrected chi connectivity index (χ3v) is 9.18. The predicted octanol–water partition coefficient (Wildman–Crippen LogP) is 13.8. The molecule has 0 rings (SSSR count). The molecule has 0 bridgehead atoms. The molecular formula is C43H85NO2. The summed E-state index contributed by atoms with van der Waals surface area (Å²) in [5.41, 5.74) is 0. The zero-order chi connectivity index (χ0) is 33.4. The summed E-state index contributed by atoms with van der Waals surface area (Å²) < 4.78 is 12.3. The summed E-state index contributed by atoms with van der Waals surface area (Å²) >= 11 is 0. The molecule has 1 unspecified atom stereocenters. The van der Waals surface area contributed by atoms with Crippen LogP contribution in [0.2, 0.25) is 0 Å². The molecule has 0 aliphatic carbocycles. The van der Waals surface area contributed by atoms with Gasteiger partial charge in [0.15, 0.2) is 0 Å². The SMILES string of the molecule is CCCCCCCC/C=C\CCCCCCCCCOCC(CN(C)C)OCCCCCCCCC/C=C\CCCCCCCC. The van der Waals surface area contributed by atoms with E-state index in [0.717, 1.165) is 26.4 Å². The molecule has 0 aromatic carbocycles. The van der Waals surface area contributed by atoms with E-state index in [1.165, 1.54) is 193 Å². The van der Waals surface area contributed by atoms with Crippen LogP contribution in [0.5, 0.6) is 0 Å². The molecule has 1 atom stereocenters. The van der Waals surface area contributed by atoms with Crippen molar-refractivity contribution in [1.29, 1.82) is 0 Å². The van der Waals surface area contributed by atoms with Gasteiger partial charge in [0.2, 0.25) is 0 Å². The maximum atomic E-state index is 6.24. The first-order valence-electron chi connectivity index (χ1n) is 20.8. The van der Waals surface area contributed by atoms with Crippen molar-refractivity contribution in [3.8, 4) is 0 Å². The third kappa shape index (κ3) is 39.5. The van der Waals surface area contributed by atoms with Crippen LogP contribution in [-0.2, 0) is 9.47 Å². The molecule has 274 valence electrons. The summed E-state index contributed by atoms with van der Waals surface area (Å²) in [5.74, 6) is 0. The van der Waals surface area contributed by atoms with E-state index >= 15 is 0 Å². The van der Waals surface area contributed by atoms with Crippen LogP contribution < -0.4 is 0 Å². The van der Waals surface area contributed by atoms with Gasteiger partial charge in [-0.25, -0.2) is 0 Å². The van der Waals surface area contributed by atoms with Crippen LogP contribution in [0.15, 0.2) is 24.3 Å². The second kappa shape index (κ2) is 40.5. The summed E-state index contributed by atoms with van der Waals surface area (Å²) in [6, 6.07) is 0. The highest BCUT2D eigenvalue weighted by Crippen LogP contribution is 2.13. The Kier molecular flexibility index (Phi) is 40.0. The van der Waals surface area contributed by atoms with Gasteiger partial charge in [0.05, 0.1) is 12.7 Å². The Bertz CT molecular complexity index is 602. The second-order valence-corrected chi connectivity index (χ2v) is 14.4. The van der Waals surface area contributed by atoms with Crippen LogP contribution in [-0.4, -0.2) is 51.5 Å². The lowest BCUT2D eigenvalue weighted by Gasteiger charge is -2.21. The predicted molar refractivity (Wildman–Crippen MR) is 207 cm³/mol. The monoisotopic (exact) mass is 648 g/mol. The Labute approximate surface area is 291 Å². The van der Waals surface area contributed by atoms with Crippen LogP contribution in [0.3, 0.4) is 0 Å². The quantitative estimate of drug-likeness (QED) is 0.0489. The van der Waals surface area contributed by atoms with Gasteiger partial charge in [-0.1, -0.05) is 167 Å². The lowest BCUT2D eigenvalue weighted by molar-refractivity contribution is -0.0287. The van der Waals surface area contributed by atoms with E-state index in [-0.39, 0.29) is 6.10 Å². The molecule has 0 heterocycles. The number of ether oxygens (including phenoxy) is 2. The minimum absolute atomic E-state index is 0.198. The molecule has 0 amide bonds. The molecule has 3 nitrogen and oxygen atoms in total. The normalized spacial score (nSPS) is 12.8. The van der Waals surface area contributed by atoms with E-state index in [2.05, 4.69) is 57.1 Å². The summed E-state index contributed by atoms with van der Waals surface area (Å²) in [5, 5.41) is 0. The maximum absolute atomic E-state index is 6.24. The average Bonchev–Trinajstić information content (AvgIpc) is 3.04. The van der Waals surface area contributed by atoms with Gasteiger partial charge >= 0.3 is 0 Å². The minimum atomic E-state index is 0.198. The van der Waals surface area contributed by atoms with Gasteiger partial charge in [0, 0.05) is 19.8 Å². The number of likely N-dealkylation sites (N-methyl/N-ethyl adjacent to an activating group) is 1. The van der Waals surface area contributed by atoms with Gasteiger partial charge in [-0.15, -0.1) is 0 Å². The second-order valence-electron chi connectivity index (χ2n) is 14.4. The highest BCUT2D eigenvalue weighted by molar-refractivity contribution is 4.82. The molecule has 0 saturated heterocycles. The van der Waals surface area contributed by atoms with E-state index in [1.54, 1.807) is 0 Å². The molecule has 0 saturated carbocycles. The molecule has 0 radical (unpaired) electrons. The summed E-state index contributed by atoms with van der Waals surface area (Å²) in [6.07, 6.45) is 50.5. The fraction of sp³-hybridized carbons (Fsp3) is 0.907. The number of hydrogen-bond donors (Lipinski definition) is 0. The van der Waals surface area contributed by atoms with Gasteiger partial charge in [-0.05, 0) is 78.3 Å². The molecule has 0 aliphatic heterocycles. The van der Waals surface area contributed by atoms with Crippen molar-refractivity contribution in [3.05, 3.63) is 24.3 Å². The fourth-order valence-electron chi connectivity index (χ4n) is 6.18. The fourth-order valence-corrected chi connectivity index (χ4v) is 6.18. The minimum Gasteiger partial charge on any atom is -0.379 e.